The summed E-state index contributed by atoms with van der Waals surface area (Å²) in [7, 11) is 1.59. The quantitative estimate of drug-likeness (QED) is 0.539. The van der Waals surface area contributed by atoms with Crippen LogP contribution in [0.4, 0.5) is 10.1 Å². The molecule has 0 fully saturated rings. The summed E-state index contributed by atoms with van der Waals surface area (Å²) < 4.78 is 13.5. The van der Waals surface area contributed by atoms with Gasteiger partial charge >= 0.3 is 0 Å². The maximum Gasteiger partial charge on any atom is 0.207 e. The Morgan fingerprint density at radius 1 is 1.47 bits per heavy atom. The van der Waals surface area contributed by atoms with E-state index in [1.54, 1.807) is 27.0 Å². The van der Waals surface area contributed by atoms with Crippen molar-refractivity contribution in [3.63, 3.8) is 0 Å². The molecule has 0 bridgehead atoms. The lowest BCUT2D eigenvalue weighted by Gasteiger charge is -2.26. The second-order valence-corrected chi connectivity index (χ2v) is 4.17. The second kappa shape index (κ2) is 4.95. The van der Waals surface area contributed by atoms with E-state index in [-0.39, 0.29) is 11.4 Å². The van der Waals surface area contributed by atoms with Crippen LogP contribution in [-0.4, -0.2) is 24.7 Å². The fourth-order valence-corrected chi connectivity index (χ4v) is 1.54. The molecular weight excluding hydrogens is 221 g/mol. The Balaban J connectivity index is 3.21. The lowest BCUT2D eigenvalue weighted by Crippen LogP contribution is -2.46. The molecule has 0 unspecified atom stereocenters. The smallest absolute Gasteiger partial charge is 0.207 e. The van der Waals surface area contributed by atoms with E-state index in [1.165, 1.54) is 12.1 Å². The van der Waals surface area contributed by atoms with Crippen LogP contribution in [0.3, 0.4) is 0 Å². The maximum absolute atomic E-state index is 13.5. The summed E-state index contributed by atoms with van der Waals surface area (Å²) in [5.41, 5.74) is -0.000186. The number of carbonyl (C=O) groups excluding carboxylic acids is 1. The first-order chi connectivity index (χ1) is 7.94. The zero-order valence-electron chi connectivity index (χ0n) is 10.1. The average molecular weight is 237 g/mol. The van der Waals surface area contributed by atoms with Gasteiger partial charge in [0.05, 0.1) is 16.9 Å². The van der Waals surface area contributed by atoms with Crippen LogP contribution in [0.2, 0.25) is 0 Å². The molecule has 0 aliphatic heterocycles. The summed E-state index contributed by atoms with van der Waals surface area (Å²) in [5, 5.41) is 13.3. The Morgan fingerprint density at radius 2 is 2.12 bits per heavy atom. The molecule has 0 radical (unpaired) electrons. The lowest BCUT2D eigenvalue weighted by atomic mass is 9.91. The molecule has 17 heavy (non-hydrogen) atoms. The Bertz CT molecular complexity index is 443. The predicted molar refractivity (Wildman–Crippen MR) is 66.1 cm³/mol. The van der Waals surface area contributed by atoms with E-state index in [4.69, 9.17) is 5.41 Å². The summed E-state index contributed by atoms with van der Waals surface area (Å²) in [6.45, 7) is 3.38. The molecule has 1 rings (SSSR count). The molecule has 0 aliphatic rings. The number of rotatable bonds is 5. The molecule has 0 saturated carbocycles. The van der Waals surface area contributed by atoms with Gasteiger partial charge in [-0.3, -0.25) is 4.79 Å². The predicted octanol–water partition coefficient (Wildman–Crippen LogP) is 1.76. The Morgan fingerprint density at radius 3 is 2.65 bits per heavy atom. The summed E-state index contributed by atoms with van der Waals surface area (Å²) in [5.74, 6) is -0.420. The third-order valence-corrected chi connectivity index (χ3v) is 2.58. The van der Waals surface area contributed by atoms with Crippen LogP contribution >= 0.6 is 0 Å². The highest BCUT2D eigenvalue weighted by molar-refractivity contribution is 6.09. The van der Waals surface area contributed by atoms with E-state index >= 15 is 0 Å². The first-order valence-electron chi connectivity index (χ1n) is 5.21. The summed E-state index contributed by atoms with van der Waals surface area (Å²) in [4.78, 5) is 10.5. The highest BCUT2D eigenvalue weighted by atomic mass is 19.1. The molecule has 0 atom stereocenters. The second-order valence-electron chi connectivity index (χ2n) is 4.17. The third-order valence-electron chi connectivity index (χ3n) is 2.58. The van der Waals surface area contributed by atoms with Crippen molar-refractivity contribution < 1.29 is 9.18 Å². The molecule has 0 aliphatic carbocycles. The minimum atomic E-state index is -0.846. The fraction of sp³-hybridized carbons (Fsp3) is 0.333. The molecule has 3 N–H and O–H groups in total. The molecule has 1 aromatic carbocycles. The van der Waals surface area contributed by atoms with Crippen molar-refractivity contribution in [1.82, 2.24) is 5.32 Å². The van der Waals surface area contributed by atoms with Crippen LogP contribution in [0.25, 0.3) is 0 Å². The van der Waals surface area contributed by atoms with Gasteiger partial charge in [-0.1, -0.05) is 12.1 Å². The summed E-state index contributed by atoms with van der Waals surface area (Å²) >= 11 is 0. The van der Waals surface area contributed by atoms with Gasteiger partial charge < -0.3 is 16.0 Å². The molecule has 1 amide bonds. The van der Waals surface area contributed by atoms with Crippen molar-refractivity contribution in [2.24, 2.45) is 0 Å². The van der Waals surface area contributed by atoms with Crippen LogP contribution < -0.4 is 10.6 Å². The normalized spacial score (nSPS) is 10.8. The number of hydrogen-bond donors (Lipinski definition) is 3. The van der Waals surface area contributed by atoms with E-state index in [2.05, 4.69) is 10.6 Å². The number of hydrogen-bond acceptors (Lipinski definition) is 3. The Hall–Kier alpha value is -1.91. The van der Waals surface area contributed by atoms with Crippen LogP contribution in [0.5, 0.6) is 0 Å². The minimum absolute atomic E-state index is 0.147. The van der Waals surface area contributed by atoms with Gasteiger partial charge in [0.2, 0.25) is 6.41 Å². The molecule has 4 nitrogen and oxygen atoms in total. The van der Waals surface area contributed by atoms with Gasteiger partial charge in [-0.15, -0.1) is 0 Å². The SMILES string of the molecule is CNc1c(F)cccc1C(=N)C(C)(C)NC=O. The number of benzene rings is 1. The molecule has 0 saturated heterocycles. The average Bonchev–Trinajstić information content (AvgIpc) is 2.27. The molecule has 1 aromatic rings. The number of carbonyl (C=O) groups is 1. The molecule has 92 valence electrons. The van der Waals surface area contributed by atoms with Crippen molar-refractivity contribution in [1.29, 1.82) is 5.41 Å². The fourth-order valence-electron chi connectivity index (χ4n) is 1.54. The van der Waals surface area contributed by atoms with Gasteiger partial charge in [-0.05, 0) is 19.9 Å². The number of halogens is 1. The van der Waals surface area contributed by atoms with Crippen molar-refractivity contribution in [3.05, 3.63) is 29.6 Å². The monoisotopic (exact) mass is 237 g/mol. The van der Waals surface area contributed by atoms with Crippen LogP contribution in [0.15, 0.2) is 18.2 Å². The van der Waals surface area contributed by atoms with Crippen molar-refractivity contribution in [3.8, 4) is 0 Å². The van der Waals surface area contributed by atoms with Crippen LogP contribution in [-0.2, 0) is 4.79 Å². The number of para-hydroxylation sites is 1. The maximum atomic E-state index is 13.5. The van der Waals surface area contributed by atoms with E-state index in [9.17, 15) is 9.18 Å². The van der Waals surface area contributed by atoms with E-state index in [1.807, 2.05) is 0 Å². The number of amides is 1. The highest BCUT2D eigenvalue weighted by Crippen LogP contribution is 2.23. The van der Waals surface area contributed by atoms with Gasteiger partial charge in [0.15, 0.2) is 0 Å². The van der Waals surface area contributed by atoms with Gasteiger partial charge in [-0.2, -0.15) is 0 Å². The van der Waals surface area contributed by atoms with Gasteiger partial charge in [0, 0.05) is 12.6 Å². The number of anilines is 1. The first kappa shape index (κ1) is 13.2. The van der Waals surface area contributed by atoms with Crippen LogP contribution in [0.1, 0.15) is 19.4 Å². The zero-order valence-corrected chi connectivity index (χ0v) is 10.1. The minimum Gasteiger partial charge on any atom is -0.385 e. The van der Waals surface area contributed by atoms with Crippen molar-refractivity contribution in [2.45, 2.75) is 19.4 Å². The van der Waals surface area contributed by atoms with Crippen LogP contribution in [0, 0.1) is 11.2 Å². The largest absolute Gasteiger partial charge is 0.385 e. The van der Waals surface area contributed by atoms with Crippen molar-refractivity contribution >= 4 is 17.8 Å². The van der Waals surface area contributed by atoms with Gasteiger partial charge in [-0.25, -0.2) is 4.39 Å². The van der Waals surface area contributed by atoms with Gasteiger partial charge in [0.1, 0.15) is 5.82 Å². The third kappa shape index (κ3) is 2.61. The summed E-state index contributed by atoms with van der Waals surface area (Å²) in [6.07, 6.45) is 0.535. The Labute approximate surface area is 99.7 Å². The van der Waals surface area contributed by atoms with E-state index in [0.29, 0.717) is 12.0 Å². The molecular formula is C12H16FN3O. The van der Waals surface area contributed by atoms with Crippen molar-refractivity contribution in [2.75, 3.05) is 12.4 Å². The molecule has 0 aromatic heterocycles. The molecule has 0 spiro atoms. The first-order valence-corrected chi connectivity index (χ1v) is 5.21. The van der Waals surface area contributed by atoms with E-state index < -0.39 is 11.4 Å². The molecule has 5 heteroatoms. The number of nitrogens with one attached hydrogen (secondary N) is 3. The Kier molecular flexibility index (Phi) is 3.83. The lowest BCUT2D eigenvalue weighted by molar-refractivity contribution is -0.110. The highest BCUT2D eigenvalue weighted by Gasteiger charge is 2.26. The standard InChI is InChI=1S/C12H16FN3O/c1-12(2,16-7-17)11(14)8-5-4-6-9(13)10(8)15-3/h4-7,14-15H,1-3H3,(H,16,17). The van der Waals surface area contributed by atoms with E-state index in [0.717, 1.165) is 0 Å². The zero-order chi connectivity index (χ0) is 13.1. The topological polar surface area (TPSA) is 65.0 Å². The molecule has 0 heterocycles. The summed E-state index contributed by atoms with van der Waals surface area (Å²) in [6, 6.07) is 4.51. The van der Waals surface area contributed by atoms with Gasteiger partial charge in [0.25, 0.3) is 0 Å².